The Labute approximate surface area is 108 Å². The zero-order valence-electron chi connectivity index (χ0n) is 11.6. The number of nitrogens with zero attached hydrogens (tertiary/aromatic N) is 1. The second kappa shape index (κ2) is 6.70. The number of nitrogens with one attached hydrogen (secondary N) is 3. The van der Waals surface area contributed by atoms with Crippen molar-refractivity contribution in [1.29, 1.82) is 0 Å². The second-order valence-electron chi connectivity index (χ2n) is 5.26. The largest absolute Gasteiger partial charge is 0.336 e. The van der Waals surface area contributed by atoms with Crippen LogP contribution in [0.25, 0.3) is 0 Å². The molecule has 18 heavy (non-hydrogen) atoms. The maximum atomic E-state index is 11.7. The van der Waals surface area contributed by atoms with Crippen LogP contribution in [0.15, 0.2) is 0 Å². The van der Waals surface area contributed by atoms with Gasteiger partial charge in [-0.1, -0.05) is 0 Å². The van der Waals surface area contributed by atoms with Gasteiger partial charge < -0.3 is 10.6 Å². The van der Waals surface area contributed by atoms with Gasteiger partial charge in [0.1, 0.15) is 0 Å². The zero-order chi connectivity index (χ0) is 13.7. The number of rotatable bonds is 3. The zero-order valence-corrected chi connectivity index (χ0v) is 11.6. The van der Waals surface area contributed by atoms with E-state index in [1.807, 2.05) is 13.8 Å². The summed E-state index contributed by atoms with van der Waals surface area (Å²) < 4.78 is 0. The molecule has 0 bridgehead atoms. The number of amides is 3. The van der Waals surface area contributed by atoms with Gasteiger partial charge in [0, 0.05) is 31.2 Å². The quantitative estimate of drug-likeness (QED) is 0.659. The fourth-order valence-corrected chi connectivity index (χ4v) is 1.97. The molecule has 6 nitrogen and oxygen atoms in total. The van der Waals surface area contributed by atoms with Crippen molar-refractivity contribution in [2.45, 2.75) is 45.8 Å². The predicted octanol–water partition coefficient (Wildman–Crippen LogP) is -0.0972. The average Bonchev–Trinajstić information content (AvgIpc) is 2.21. The highest BCUT2D eigenvalue weighted by Gasteiger charge is 2.24. The minimum Gasteiger partial charge on any atom is -0.336 e. The number of carbonyl (C=O) groups excluding carboxylic acids is 2. The first-order chi connectivity index (χ1) is 8.38. The molecule has 0 aromatic rings. The summed E-state index contributed by atoms with van der Waals surface area (Å²) in [4.78, 5) is 25.2. The van der Waals surface area contributed by atoms with E-state index in [-0.39, 0.29) is 18.5 Å². The van der Waals surface area contributed by atoms with E-state index in [2.05, 4.69) is 34.7 Å². The third-order valence-corrected chi connectivity index (χ3v) is 2.91. The SMILES string of the molecule is CC(C)NC(=O)NC(=O)CN1CC(C)NCC1C. The molecule has 3 amide bonds. The Balaban J connectivity index is 2.37. The van der Waals surface area contributed by atoms with Crippen LogP contribution >= 0.6 is 0 Å². The van der Waals surface area contributed by atoms with Crippen LogP contribution in [0.2, 0.25) is 0 Å². The molecule has 1 saturated heterocycles. The van der Waals surface area contributed by atoms with Crippen molar-refractivity contribution < 1.29 is 9.59 Å². The smallest absolute Gasteiger partial charge is 0.321 e. The topological polar surface area (TPSA) is 73.5 Å². The summed E-state index contributed by atoms with van der Waals surface area (Å²) in [5.41, 5.74) is 0. The van der Waals surface area contributed by atoms with Gasteiger partial charge in [0.25, 0.3) is 0 Å². The highest BCUT2D eigenvalue weighted by molar-refractivity contribution is 5.95. The van der Waals surface area contributed by atoms with Crippen LogP contribution in [0.4, 0.5) is 4.79 Å². The molecule has 6 heteroatoms. The Morgan fingerprint density at radius 2 is 2.06 bits per heavy atom. The van der Waals surface area contributed by atoms with Crippen LogP contribution in [-0.4, -0.2) is 54.6 Å². The molecule has 1 heterocycles. The van der Waals surface area contributed by atoms with Gasteiger partial charge in [-0.25, -0.2) is 4.79 Å². The first kappa shape index (κ1) is 14.9. The van der Waals surface area contributed by atoms with E-state index >= 15 is 0 Å². The van der Waals surface area contributed by atoms with Crippen LogP contribution < -0.4 is 16.0 Å². The summed E-state index contributed by atoms with van der Waals surface area (Å²) in [6, 6.07) is 0.278. The molecular formula is C12H24N4O2. The van der Waals surface area contributed by atoms with Crippen molar-refractivity contribution >= 4 is 11.9 Å². The Morgan fingerprint density at radius 3 is 2.67 bits per heavy atom. The third-order valence-electron chi connectivity index (χ3n) is 2.91. The normalized spacial score (nSPS) is 24.9. The number of urea groups is 1. The Hall–Kier alpha value is -1.14. The van der Waals surface area contributed by atoms with Crippen LogP contribution in [0.5, 0.6) is 0 Å². The van der Waals surface area contributed by atoms with Crippen molar-refractivity contribution in [2.75, 3.05) is 19.6 Å². The lowest BCUT2D eigenvalue weighted by atomic mass is 10.1. The molecule has 0 aromatic carbocycles. The van der Waals surface area contributed by atoms with E-state index in [9.17, 15) is 9.59 Å². The lowest BCUT2D eigenvalue weighted by Gasteiger charge is -2.36. The summed E-state index contributed by atoms with van der Waals surface area (Å²) in [6.45, 7) is 9.81. The summed E-state index contributed by atoms with van der Waals surface area (Å²) in [5.74, 6) is -0.255. The maximum absolute atomic E-state index is 11.7. The van der Waals surface area contributed by atoms with E-state index < -0.39 is 6.03 Å². The van der Waals surface area contributed by atoms with Crippen LogP contribution in [-0.2, 0) is 4.79 Å². The minimum absolute atomic E-state index is 0.0240. The molecule has 3 N–H and O–H groups in total. The monoisotopic (exact) mass is 256 g/mol. The van der Waals surface area contributed by atoms with Gasteiger partial charge in [0.05, 0.1) is 6.54 Å². The first-order valence-corrected chi connectivity index (χ1v) is 6.46. The van der Waals surface area contributed by atoms with Crippen molar-refractivity contribution in [3.63, 3.8) is 0 Å². The van der Waals surface area contributed by atoms with Crippen molar-refractivity contribution in [1.82, 2.24) is 20.9 Å². The highest BCUT2D eigenvalue weighted by Crippen LogP contribution is 2.05. The van der Waals surface area contributed by atoms with Gasteiger partial charge in [-0.3, -0.25) is 15.0 Å². The summed E-state index contributed by atoms with van der Waals surface area (Å²) in [7, 11) is 0. The molecule has 104 valence electrons. The molecule has 0 aromatic heterocycles. The molecule has 0 spiro atoms. The Morgan fingerprint density at radius 1 is 1.39 bits per heavy atom. The van der Waals surface area contributed by atoms with E-state index in [1.54, 1.807) is 0 Å². The molecule has 1 aliphatic heterocycles. The number of piperazine rings is 1. The van der Waals surface area contributed by atoms with E-state index in [0.717, 1.165) is 13.1 Å². The lowest BCUT2D eigenvalue weighted by molar-refractivity contribution is -0.122. The molecule has 1 aliphatic rings. The van der Waals surface area contributed by atoms with Gasteiger partial charge in [-0.05, 0) is 27.7 Å². The van der Waals surface area contributed by atoms with Gasteiger partial charge >= 0.3 is 6.03 Å². The van der Waals surface area contributed by atoms with E-state index in [4.69, 9.17) is 0 Å². The third kappa shape index (κ3) is 5.01. The molecule has 1 rings (SSSR count). The van der Waals surface area contributed by atoms with Crippen LogP contribution in [0.1, 0.15) is 27.7 Å². The average molecular weight is 256 g/mol. The second-order valence-corrected chi connectivity index (χ2v) is 5.26. The molecule has 2 unspecified atom stereocenters. The summed E-state index contributed by atoms with van der Waals surface area (Å²) in [5, 5.41) is 8.32. The number of carbonyl (C=O) groups is 2. The van der Waals surface area contributed by atoms with Gasteiger partial charge in [-0.15, -0.1) is 0 Å². The van der Waals surface area contributed by atoms with Crippen molar-refractivity contribution in [3.8, 4) is 0 Å². The maximum Gasteiger partial charge on any atom is 0.321 e. The van der Waals surface area contributed by atoms with E-state index in [0.29, 0.717) is 12.1 Å². The fraction of sp³-hybridized carbons (Fsp3) is 0.833. The lowest BCUT2D eigenvalue weighted by Crippen LogP contribution is -2.57. The standard InChI is InChI=1S/C12H24N4O2/c1-8(2)14-12(18)15-11(17)7-16-6-9(3)13-5-10(16)4/h8-10,13H,5-7H2,1-4H3,(H2,14,15,17,18). The molecule has 0 aliphatic carbocycles. The summed E-state index contributed by atoms with van der Waals surface area (Å²) >= 11 is 0. The minimum atomic E-state index is -0.425. The van der Waals surface area contributed by atoms with Gasteiger partial charge in [0.15, 0.2) is 0 Å². The molecule has 0 saturated carbocycles. The predicted molar refractivity (Wildman–Crippen MR) is 70.3 cm³/mol. The molecular weight excluding hydrogens is 232 g/mol. The van der Waals surface area contributed by atoms with Crippen LogP contribution in [0, 0.1) is 0 Å². The molecule has 2 atom stereocenters. The Kier molecular flexibility index (Phi) is 5.55. The van der Waals surface area contributed by atoms with Crippen LogP contribution in [0.3, 0.4) is 0 Å². The van der Waals surface area contributed by atoms with Crippen molar-refractivity contribution in [3.05, 3.63) is 0 Å². The number of imide groups is 1. The molecule has 0 radical (unpaired) electrons. The van der Waals surface area contributed by atoms with Crippen molar-refractivity contribution in [2.24, 2.45) is 0 Å². The van der Waals surface area contributed by atoms with Gasteiger partial charge in [-0.2, -0.15) is 0 Å². The summed E-state index contributed by atoms with van der Waals surface area (Å²) in [6.07, 6.45) is 0. The molecule has 1 fully saturated rings. The highest BCUT2D eigenvalue weighted by atomic mass is 16.2. The van der Waals surface area contributed by atoms with Gasteiger partial charge in [0.2, 0.25) is 5.91 Å². The van der Waals surface area contributed by atoms with E-state index in [1.165, 1.54) is 0 Å². The number of hydrogen-bond donors (Lipinski definition) is 3. The Bertz CT molecular complexity index is 306. The number of hydrogen-bond acceptors (Lipinski definition) is 4. The fourth-order valence-electron chi connectivity index (χ4n) is 1.97. The first-order valence-electron chi connectivity index (χ1n) is 6.46.